The van der Waals surface area contributed by atoms with Gasteiger partial charge in [0.1, 0.15) is 11.5 Å². The number of hydrogen-bond acceptors (Lipinski definition) is 5. The van der Waals surface area contributed by atoms with E-state index in [1.807, 2.05) is 60.7 Å². The van der Waals surface area contributed by atoms with Crippen LogP contribution in [0.3, 0.4) is 0 Å². The number of aromatic nitrogens is 4. The van der Waals surface area contributed by atoms with E-state index in [0.717, 1.165) is 78.8 Å². The maximum atomic E-state index is 6.97. The third-order valence-electron chi connectivity index (χ3n) is 12.2. The van der Waals surface area contributed by atoms with Crippen LogP contribution in [0.1, 0.15) is 22.3 Å². The van der Waals surface area contributed by atoms with Crippen LogP contribution in [-0.2, 0) is 5.41 Å². The Morgan fingerprint density at radius 2 is 0.694 bits per heavy atom. The minimum atomic E-state index is -0.682. The van der Waals surface area contributed by atoms with Crippen molar-refractivity contribution in [3.05, 3.63) is 241 Å². The molecule has 8 aromatic carbocycles. The normalized spacial score (nSPS) is 14.3. The Labute approximate surface area is 359 Å². The van der Waals surface area contributed by atoms with Crippen molar-refractivity contribution in [1.29, 1.82) is 0 Å². The van der Waals surface area contributed by atoms with E-state index in [2.05, 4.69) is 158 Å². The zero-order valence-electron chi connectivity index (χ0n) is 33.5. The second-order valence-corrected chi connectivity index (χ2v) is 15.8. The van der Waals surface area contributed by atoms with Crippen molar-refractivity contribution in [2.75, 3.05) is 0 Å². The van der Waals surface area contributed by atoms with Crippen LogP contribution in [-0.4, -0.2) is 19.9 Å². The van der Waals surface area contributed by atoms with Gasteiger partial charge in [-0.2, -0.15) is 0 Å². The van der Waals surface area contributed by atoms with Crippen LogP contribution < -0.4 is 4.74 Å². The Morgan fingerprint density at radius 3 is 1.27 bits per heavy atom. The highest BCUT2D eigenvalue weighted by Crippen LogP contribution is 2.62. The molecule has 12 rings (SSSR count). The highest BCUT2D eigenvalue weighted by Gasteiger charge is 2.51. The summed E-state index contributed by atoms with van der Waals surface area (Å²) in [6.45, 7) is 0. The summed E-state index contributed by atoms with van der Waals surface area (Å²) in [5.74, 6) is 2.97. The van der Waals surface area contributed by atoms with Crippen LogP contribution in [0.4, 0.5) is 0 Å². The smallest absolute Gasteiger partial charge is 0.160 e. The first kappa shape index (κ1) is 35.6. The van der Waals surface area contributed by atoms with E-state index < -0.39 is 5.41 Å². The standard InChI is InChI=1S/C57H36N4O/c1-5-17-37(18-6-1)49-35-51(60-55(58-49)39-21-9-3-10-22-39)41-29-31-44-43-25-13-14-26-45(43)57(48(44)33-41)46-27-15-16-28-53(46)62-54-34-42(30-32-47(54)57)52-36-50(38-19-7-2-8-20-38)59-56(61-52)40-23-11-4-12-24-40/h1-36H. The molecule has 0 bridgehead atoms. The largest absolute Gasteiger partial charge is 0.457 e. The molecule has 1 aliphatic heterocycles. The van der Waals surface area contributed by atoms with E-state index in [-0.39, 0.29) is 0 Å². The van der Waals surface area contributed by atoms with Crippen molar-refractivity contribution in [2.45, 2.75) is 5.41 Å². The summed E-state index contributed by atoms with van der Waals surface area (Å²) in [5, 5.41) is 0. The highest BCUT2D eigenvalue weighted by atomic mass is 16.5. The molecule has 0 fully saturated rings. The SMILES string of the molecule is c1ccc(-c2cc(-c3ccc4c(c3)Oc3ccccc3C43c4ccccc4-c4ccc(-c5cc(-c6ccccc6)nc(-c6ccccc6)n5)cc43)nc(-c3ccccc3)n2)cc1. The highest BCUT2D eigenvalue weighted by molar-refractivity contribution is 5.91. The molecule has 290 valence electrons. The maximum Gasteiger partial charge on any atom is 0.160 e. The van der Waals surface area contributed by atoms with Gasteiger partial charge in [-0.1, -0.05) is 188 Å². The molecule has 0 saturated carbocycles. The number of nitrogens with zero attached hydrogens (tertiary/aromatic N) is 4. The predicted molar refractivity (Wildman–Crippen MR) is 248 cm³/mol. The van der Waals surface area contributed by atoms with Crippen LogP contribution in [0.5, 0.6) is 11.5 Å². The van der Waals surface area contributed by atoms with E-state index >= 15 is 0 Å². The Morgan fingerprint density at radius 1 is 0.274 bits per heavy atom. The lowest BCUT2D eigenvalue weighted by Crippen LogP contribution is -2.32. The molecule has 5 heteroatoms. The fourth-order valence-corrected chi connectivity index (χ4v) is 9.36. The van der Waals surface area contributed by atoms with Gasteiger partial charge in [0, 0.05) is 44.5 Å². The van der Waals surface area contributed by atoms with Gasteiger partial charge < -0.3 is 4.74 Å². The van der Waals surface area contributed by atoms with Crippen molar-refractivity contribution in [2.24, 2.45) is 0 Å². The lowest BCUT2D eigenvalue weighted by molar-refractivity contribution is 0.436. The summed E-state index contributed by atoms with van der Waals surface area (Å²) in [4.78, 5) is 20.6. The number of ether oxygens (including phenoxy) is 1. The third kappa shape index (κ3) is 5.78. The second-order valence-electron chi connectivity index (χ2n) is 15.8. The topological polar surface area (TPSA) is 60.8 Å². The third-order valence-corrected chi connectivity index (χ3v) is 12.2. The summed E-state index contributed by atoms with van der Waals surface area (Å²) < 4.78 is 6.97. The lowest BCUT2D eigenvalue weighted by Gasteiger charge is -2.39. The molecule has 1 atom stereocenters. The summed E-state index contributed by atoms with van der Waals surface area (Å²) in [6, 6.07) is 76.0. The van der Waals surface area contributed by atoms with Gasteiger partial charge in [0.15, 0.2) is 11.6 Å². The van der Waals surface area contributed by atoms with Gasteiger partial charge in [-0.25, -0.2) is 19.9 Å². The monoisotopic (exact) mass is 792 g/mol. The van der Waals surface area contributed by atoms with Gasteiger partial charge in [0.25, 0.3) is 0 Å². The molecular formula is C57H36N4O. The van der Waals surface area contributed by atoms with Crippen molar-refractivity contribution in [1.82, 2.24) is 19.9 Å². The van der Waals surface area contributed by atoms with Crippen molar-refractivity contribution in [3.63, 3.8) is 0 Å². The molecule has 2 aliphatic rings. The molecule has 10 aromatic rings. The first-order valence-corrected chi connectivity index (χ1v) is 20.9. The molecule has 0 radical (unpaired) electrons. The van der Waals surface area contributed by atoms with Crippen molar-refractivity contribution in [3.8, 4) is 90.4 Å². The molecule has 1 unspecified atom stereocenters. The van der Waals surface area contributed by atoms with E-state index in [1.54, 1.807) is 0 Å². The average Bonchev–Trinajstić information content (AvgIpc) is 3.64. The van der Waals surface area contributed by atoms with E-state index in [9.17, 15) is 0 Å². The Hall–Kier alpha value is -8.28. The van der Waals surface area contributed by atoms with E-state index in [1.165, 1.54) is 22.3 Å². The molecule has 5 nitrogen and oxygen atoms in total. The molecule has 0 amide bonds. The Kier molecular flexibility index (Phi) is 8.32. The van der Waals surface area contributed by atoms with Gasteiger partial charge in [-0.05, 0) is 52.6 Å². The van der Waals surface area contributed by atoms with Gasteiger partial charge in [0.2, 0.25) is 0 Å². The van der Waals surface area contributed by atoms with Crippen molar-refractivity contribution >= 4 is 0 Å². The molecule has 3 heterocycles. The molecule has 2 aromatic heterocycles. The predicted octanol–water partition coefficient (Wildman–Crippen LogP) is 13.7. The van der Waals surface area contributed by atoms with Crippen LogP contribution in [0, 0.1) is 0 Å². The molecule has 1 spiro atoms. The second kappa shape index (κ2) is 14.5. The van der Waals surface area contributed by atoms with Crippen LogP contribution in [0.2, 0.25) is 0 Å². The fraction of sp³-hybridized carbons (Fsp3) is 0.0175. The summed E-state index contributed by atoms with van der Waals surface area (Å²) in [6.07, 6.45) is 0. The van der Waals surface area contributed by atoms with Gasteiger partial charge in [-0.15, -0.1) is 0 Å². The van der Waals surface area contributed by atoms with E-state index in [4.69, 9.17) is 24.7 Å². The molecule has 0 saturated heterocycles. The number of hydrogen-bond donors (Lipinski definition) is 0. The molecule has 62 heavy (non-hydrogen) atoms. The lowest BCUT2D eigenvalue weighted by atomic mass is 9.65. The Balaban J connectivity index is 1.07. The van der Waals surface area contributed by atoms with Crippen LogP contribution in [0.15, 0.2) is 218 Å². The molecule has 1 aliphatic carbocycles. The Bertz CT molecular complexity index is 3200. The minimum absolute atomic E-state index is 0.671. The zero-order chi connectivity index (χ0) is 41.0. The fourth-order valence-electron chi connectivity index (χ4n) is 9.36. The molecular weight excluding hydrogens is 757 g/mol. The summed E-state index contributed by atoms with van der Waals surface area (Å²) in [5.41, 5.74) is 15.6. The minimum Gasteiger partial charge on any atom is -0.457 e. The quantitative estimate of drug-likeness (QED) is 0.168. The number of benzene rings is 8. The number of fused-ring (bicyclic) bond motifs is 9. The van der Waals surface area contributed by atoms with Crippen LogP contribution in [0.25, 0.3) is 78.9 Å². The average molecular weight is 793 g/mol. The summed E-state index contributed by atoms with van der Waals surface area (Å²) in [7, 11) is 0. The van der Waals surface area contributed by atoms with Crippen LogP contribution >= 0.6 is 0 Å². The number of para-hydroxylation sites is 1. The van der Waals surface area contributed by atoms with Gasteiger partial charge >= 0.3 is 0 Å². The maximum absolute atomic E-state index is 6.97. The summed E-state index contributed by atoms with van der Waals surface area (Å²) >= 11 is 0. The van der Waals surface area contributed by atoms with Gasteiger partial charge in [-0.3, -0.25) is 0 Å². The zero-order valence-corrected chi connectivity index (χ0v) is 33.5. The number of rotatable bonds is 6. The first-order valence-electron chi connectivity index (χ1n) is 20.9. The molecule has 0 N–H and O–H groups in total. The van der Waals surface area contributed by atoms with E-state index in [0.29, 0.717) is 11.6 Å². The first-order chi connectivity index (χ1) is 30.7. The van der Waals surface area contributed by atoms with Gasteiger partial charge in [0.05, 0.1) is 28.2 Å². The van der Waals surface area contributed by atoms with Crippen molar-refractivity contribution < 1.29 is 4.74 Å².